The summed E-state index contributed by atoms with van der Waals surface area (Å²) in [4.78, 5) is 2.32. The molecule has 0 aromatic heterocycles. The van der Waals surface area contributed by atoms with Crippen LogP contribution in [0.2, 0.25) is 0 Å². The van der Waals surface area contributed by atoms with Gasteiger partial charge in [0.15, 0.2) is 0 Å². The van der Waals surface area contributed by atoms with E-state index in [0.717, 1.165) is 29.8 Å². The first-order valence-corrected chi connectivity index (χ1v) is 11.9. The number of rotatable bonds is 10. The van der Waals surface area contributed by atoms with Gasteiger partial charge in [-0.2, -0.15) is 0 Å². The van der Waals surface area contributed by atoms with Crippen LogP contribution >= 0.6 is 0 Å². The second-order valence-corrected chi connectivity index (χ2v) is 8.99. The van der Waals surface area contributed by atoms with Crippen LogP contribution in [0.1, 0.15) is 22.3 Å². The Morgan fingerprint density at radius 1 is 0.647 bits per heavy atom. The van der Waals surface area contributed by atoms with Crippen molar-refractivity contribution in [1.29, 1.82) is 0 Å². The Morgan fingerprint density at radius 3 is 1.56 bits per heavy atom. The lowest BCUT2D eigenvalue weighted by atomic mass is 9.80. The molecule has 0 amide bonds. The molecule has 2 unspecified atom stereocenters. The second-order valence-electron chi connectivity index (χ2n) is 8.99. The van der Waals surface area contributed by atoms with E-state index < -0.39 is 5.60 Å². The van der Waals surface area contributed by atoms with Crippen molar-refractivity contribution in [2.45, 2.75) is 24.4 Å². The van der Waals surface area contributed by atoms with Crippen molar-refractivity contribution in [3.05, 3.63) is 144 Å². The molecule has 0 saturated carbocycles. The Kier molecular flexibility index (Phi) is 6.87. The normalized spacial score (nSPS) is 17.6. The van der Waals surface area contributed by atoms with Crippen molar-refractivity contribution in [3.63, 3.8) is 0 Å². The molecule has 3 heteroatoms. The molecule has 1 heterocycles. The summed E-state index contributed by atoms with van der Waals surface area (Å²) >= 11 is 0. The van der Waals surface area contributed by atoms with Crippen LogP contribution in [0.15, 0.2) is 121 Å². The maximum absolute atomic E-state index is 6.90. The van der Waals surface area contributed by atoms with Crippen molar-refractivity contribution >= 4 is 0 Å². The highest BCUT2D eigenvalue weighted by Crippen LogP contribution is 2.41. The predicted octanol–water partition coefficient (Wildman–Crippen LogP) is 5.89. The molecule has 0 bridgehead atoms. The molecule has 5 rings (SSSR count). The van der Waals surface area contributed by atoms with Gasteiger partial charge in [0.2, 0.25) is 0 Å². The Bertz CT molecular complexity index is 1050. The fourth-order valence-corrected chi connectivity index (χ4v) is 4.73. The summed E-state index contributed by atoms with van der Waals surface area (Å²) < 4.78 is 13.0. The average Bonchev–Trinajstić information content (AvgIpc) is 3.64. The summed E-state index contributed by atoms with van der Waals surface area (Å²) in [5.74, 6) is 0. The van der Waals surface area contributed by atoms with E-state index in [1.165, 1.54) is 5.56 Å². The Hall–Kier alpha value is -3.24. The van der Waals surface area contributed by atoms with Crippen molar-refractivity contribution in [2.24, 2.45) is 0 Å². The van der Waals surface area contributed by atoms with Crippen molar-refractivity contribution in [3.8, 4) is 0 Å². The predicted molar refractivity (Wildman–Crippen MR) is 137 cm³/mol. The average molecular weight is 450 g/mol. The van der Waals surface area contributed by atoms with Crippen LogP contribution in [-0.4, -0.2) is 37.3 Å². The highest BCUT2D eigenvalue weighted by molar-refractivity contribution is 5.47. The summed E-state index contributed by atoms with van der Waals surface area (Å²) in [6, 6.07) is 42.1. The topological polar surface area (TPSA) is 25.0 Å². The molecular weight excluding hydrogens is 418 g/mol. The summed E-state index contributed by atoms with van der Waals surface area (Å²) in [5, 5.41) is 0. The van der Waals surface area contributed by atoms with E-state index in [-0.39, 0.29) is 12.2 Å². The van der Waals surface area contributed by atoms with E-state index in [1.807, 2.05) is 18.2 Å². The summed E-state index contributed by atoms with van der Waals surface area (Å²) in [6.07, 6.45) is 0.280. The van der Waals surface area contributed by atoms with E-state index in [9.17, 15) is 0 Å². The number of nitrogens with zero attached hydrogens (tertiary/aromatic N) is 1. The van der Waals surface area contributed by atoms with Crippen LogP contribution in [0, 0.1) is 0 Å². The van der Waals surface area contributed by atoms with E-state index in [0.29, 0.717) is 6.61 Å². The minimum absolute atomic E-state index is 0.0914. The molecule has 1 fully saturated rings. The number of hydrogen-bond acceptors (Lipinski definition) is 3. The van der Waals surface area contributed by atoms with E-state index in [4.69, 9.17) is 9.47 Å². The molecule has 2 atom stereocenters. The monoisotopic (exact) mass is 449 g/mol. The van der Waals surface area contributed by atoms with Gasteiger partial charge in [-0.05, 0) is 29.3 Å². The van der Waals surface area contributed by atoms with Gasteiger partial charge in [0.05, 0.1) is 12.7 Å². The molecule has 4 aromatic rings. The van der Waals surface area contributed by atoms with Crippen molar-refractivity contribution in [2.75, 3.05) is 20.2 Å². The largest absolute Gasteiger partial charge is 0.366 e. The van der Waals surface area contributed by atoms with Gasteiger partial charge in [0, 0.05) is 13.1 Å². The standard InChI is InChI=1S/C31H31NO2/c1-32(22-25-14-6-2-7-15-25)23-29-30(34-29)24-33-31(26-16-8-3-9-17-26,27-18-10-4-11-19-27)28-20-12-5-13-21-28/h2-21,29-30H,22-24H2,1H3. The Balaban J connectivity index is 1.35. The number of ether oxygens (including phenoxy) is 2. The number of hydrogen-bond donors (Lipinski definition) is 0. The minimum Gasteiger partial charge on any atom is -0.366 e. The lowest BCUT2D eigenvalue weighted by Gasteiger charge is -2.35. The lowest BCUT2D eigenvalue weighted by Crippen LogP contribution is -2.34. The molecule has 1 saturated heterocycles. The van der Waals surface area contributed by atoms with Crippen LogP contribution in [0.3, 0.4) is 0 Å². The second kappa shape index (κ2) is 10.4. The summed E-state index contributed by atoms with van der Waals surface area (Å²) in [5.41, 5.74) is 3.97. The van der Waals surface area contributed by atoms with Crippen LogP contribution in [-0.2, 0) is 21.6 Å². The zero-order valence-electron chi connectivity index (χ0n) is 19.6. The molecule has 34 heavy (non-hydrogen) atoms. The van der Waals surface area contributed by atoms with Gasteiger partial charge in [-0.1, -0.05) is 121 Å². The molecular formula is C31H31NO2. The minimum atomic E-state index is -0.698. The van der Waals surface area contributed by atoms with Crippen LogP contribution in [0.4, 0.5) is 0 Å². The Labute approximate surface area is 202 Å². The third-order valence-electron chi connectivity index (χ3n) is 6.48. The zero-order chi connectivity index (χ0) is 23.2. The first-order chi connectivity index (χ1) is 16.8. The smallest absolute Gasteiger partial charge is 0.143 e. The van der Waals surface area contributed by atoms with Gasteiger partial charge in [-0.3, -0.25) is 4.90 Å². The maximum Gasteiger partial charge on any atom is 0.143 e. The molecule has 1 aliphatic heterocycles. The third kappa shape index (κ3) is 4.97. The molecule has 0 radical (unpaired) electrons. The number of epoxide rings is 1. The Morgan fingerprint density at radius 2 is 1.09 bits per heavy atom. The fourth-order valence-electron chi connectivity index (χ4n) is 4.73. The third-order valence-corrected chi connectivity index (χ3v) is 6.48. The maximum atomic E-state index is 6.90. The molecule has 3 nitrogen and oxygen atoms in total. The fraction of sp³-hybridized carbons (Fsp3) is 0.226. The van der Waals surface area contributed by atoms with E-state index in [2.05, 4.69) is 115 Å². The molecule has 1 aliphatic rings. The number of benzene rings is 4. The molecule has 0 aliphatic carbocycles. The summed E-state index contributed by atoms with van der Waals surface area (Å²) in [7, 11) is 2.15. The van der Waals surface area contributed by atoms with Crippen LogP contribution in [0.5, 0.6) is 0 Å². The van der Waals surface area contributed by atoms with Gasteiger partial charge >= 0.3 is 0 Å². The molecule has 172 valence electrons. The van der Waals surface area contributed by atoms with Crippen molar-refractivity contribution in [1.82, 2.24) is 4.90 Å². The molecule has 4 aromatic carbocycles. The highest BCUT2D eigenvalue weighted by atomic mass is 16.6. The summed E-state index contributed by atoms with van der Waals surface area (Å²) in [6.45, 7) is 2.33. The SMILES string of the molecule is CN(Cc1ccccc1)CC1OC1COC(c1ccccc1)(c1ccccc1)c1ccccc1. The van der Waals surface area contributed by atoms with Gasteiger partial charge in [-0.25, -0.2) is 0 Å². The van der Waals surface area contributed by atoms with Gasteiger partial charge in [0.1, 0.15) is 11.7 Å². The number of likely N-dealkylation sites (N-methyl/N-ethyl adjacent to an activating group) is 1. The lowest BCUT2D eigenvalue weighted by molar-refractivity contribution is 0.00426. The van der Waals surface area contributed by atoms with Gasteiger partial charge < -0.3 is 9.47 Å². The highest BCUT2D eigenvalue weighted by Gasteiger charge is 2.44. The van der Waals surface area contributed by atoms with E-state index in [1.54, 1.807) is 0 Å². The first-order valence-electron chi connectivity index (χ1n) is 11.9. The van der Waals surface area contributed by atoms with E-state index >= 15 is 0 Å². The van der Waals surface area contributed by atoms with Gasteiger partial charge in [-0.15, -0.1) is 0 Å². The van der Waals surface area contributed by atoms with Crippen molar-refractivity contribution < 1.29 is 9.47 Å². The molecule has 0 spiro atoms. The quantitative estimate of drug-likeness (QED) is 0.223. The van der Waals surface area contributed by atoms with Crippen LogP contribution in [0.25, 0.3) is 0 Å². The zero-order valence-corrected chi connectivity index (χ0v) is 19.6. The van der Waals surface area contributed by atoms with Gasteiger partial charge in [0.25, 0.3) is 0 Å². The molecule has 0 N–H and O–H groups in total. The van der Waals surface area contributed by atoms with Crippen LogP contribution < -0.4 is 0 Å². The first kappa shape index (κ1) is 22.5.